The number of carbonyl (C=O) groups excluding carboxylic acids is 1. The molecular weight excluding hydrogens is 270 g/mol. The molecule has 88 valence electrons. The molecular formula is C12H16BrNO2. The second-order valence-electron chi connectivity index (χ2n) is 4.10. The molecule has 1 aromatic rings. The summed E-state index contributed by atoms with van der Waals surface area (Å²) in [4.78, 5) is 11.4. The molecule has 0 bridgehead atoms. The summed E-state index contributed by atoms with van der Waals surface area (Å²) in [7, 11) is 1.39. The smallest absolute Gasteiger partial charge is 0.325 e. The molecule has 0 fully saturated rings. The molecule has 1 aromatic carbocycles. The fourth-order valence-electron chi connectivity index (χ4n) is 1.30. The van der Waals surface area contributed by atoms with Gasteiger partial charge in [-0.3, -0.25) is 10.1 Å². The van der Waals surface area contributed by atoms with E-state index in [4.69, 9.17) is 4.74 Å². The number of hydrogen-bond acceptors (Lipinski definition) is 3. The van der Waals surface area contributed by atoms with Crippen molar-refractivity contribution >= 4 is 21.9 Å². The van der Waals surface area contributed by atoms with E-state index in [1.807, 2.05) is 24.3 Å². The van der Waals surface area contributed by atoms with Crippen molar-refractivity contribution in [3.05, 3.63) is 34.3 Å². The number of hydrogen-bond donors (Lipinski definition) is 1. The van der Waals surface area contributed by atoms with Gasteiger partial charge < -0.3 is 4.74 Å². The second-order valence-corrected chi connectivity index (χ2v) is 5.02. The Kier molecular flexibility index (Phi) is 4.50. The Morgan fingerprint density at radius 2 is 2.19 bits per heavy atom. The molecule has 0 atom stereocenters. The van der Waals surface area contributed by atoms with Crippen molar-refractivity contribution in [1.29, 1.82) is 0 Å². The number of esters is 1. The SMILES string of the molecule is COC(=O)C(C)(C)NCc1cccc(Br)c1. The maximum absolute atomic E-state index is 11.4. The van der Waals surface area contributed by atoms with Gasteiger partial charge in [-0.05, 0) is 31.5 Å². The third-order valence-electron chi connectivity index (χ3n) is 2.32. The van der Waals surface area contributed by atoms with Gasteiger partial charge in [0.05, 0.1) is 7.11 Å². The number of carbonyl (C=O) groups is 1. The van der Waals surface area contributed by atoms with Crippen molar-refractivity contribution < 1.29 is 9.53 Å². The number of benzene rings is 1. The molecule has 4 heteroatoms. The van der Waals surface area contributed by atoms with Gasteiger partial charge in [0, 0.05) is 11.0 Å². The van der Waals surface area contributed by atoms with E-state index in [1.54, 1.807) is 13.8 Å². The van der Waals surface area contributed by atoms with Gasteiger partial charge in [0.2, 0.25) is 0 Å². The van der Waals surface area contributed by atoms with Gasteiger partial charge in [0.15, 0.2) is 0 Å². The average molecular weight is 286 g/mol. The predicted molar refractivity (Wildman–Crippen MR) is 67.1 cm³/mol. The molecule has 0 aromatic heterocycles. The molecule has 1 rings (SSSR count). The van der Waals surface area contributed by atoms with Crippen LogP contribution in [-0.2, 0) is 16.1 Å². The van der Waals surface area contributed by atoms with Crippen LogP contribution in [0.3, 0.4) is 0 Å². The lowest BCUT2D eigenvalue weighted by Gasteiger charge is -2.23. The lowest BCUT2D eigenvalue weighted by Crippen LogP contribution is -2.46. The molecule has 16 heavy (non-hydrogen) atoms. The number of rotatable bonds is 4. The van der Waals surface area contributed by atoms with E-state index in [-0.39, 0.29) is 5.97 Å². The first-order valence-corrected chi connectivity index (χ1v) is 5.83. The molecule has 0 saturated heterocycles. The van der Waals surface area contributed by atoms with Gasteiger partial charge in [0.1, 0.15) is 5.54 Å². The van der Waals surface area contributed by atoms with Crippen LogP contribution in [0, 0.1) is 0 Å². The summed E-state index contributed by atoms with van der Waals surface area (Å²) in [5.41, 5.74) is 0.447. The first-order chi connectivity index (χ1) is 7.45. The highest BCUT2D eigenvalue weighted by atomic mass is 79.9. The highest BCUT2D eigenvalue weighted by Gasteiger charge is 2.27. The Morgan fingerprint density at radius 1 is 1.50 bits per heavy atom. The van der Waals surface area contributed by atoms with E-state index < -0.39 is 5.54 Å². The summed E-state index contributed by atoms with van der Waals surface area (Å²) in [5, 5.41) is 3.16. The third kappa shape index (κ3) is 3.61. The Bertz CT molecular complexity index is 377. The van der Waals surface area contributed by atoms with Gasteiger partial charge in [0.25, 0.3) is 0 Å². The summed E-state index contributed by atoms with van der Waals surface area (Å²) in [5.74, 6) is -0.262. The highest BCUT2D eigenvalue weighted by Crippen LogP contribution is 2.13. The van der Waals surface area contributed by atoms with Crippen LogP contribution in [0.1, 0.15) is 19.4 Å². The van der Waals surface area contributed by atoms with Crippen LogP contribution in [0.25, 0.3) is 0 Å². The maximum atomic E-state index is 11.4. The van der Waals surface area contributed by atoms with E-state index in [9.17, 15) is 4.79 Å². The maximum Gasteiger partial charge on any atom is 0.325 e. The standard InChI is InChI=1S/C12H16BrNO2/c1-12(2,11(15)16-3)14-8-9-5-4-6-10(13)7-9/h4-7,14H,8H2,1-3H3. The summed E-state index contributed by atoms with van der Waals surface area (Å²) in [6.07, 6.45) is 0. The van der Waals surface area contributed by atoms with Crippen molar-refractivity contribution in [3.8, 4) is 0 Å². The lowest BCUT2D eigenvalue weighted by molar-refractivity contribution is -0.147. The summed E-state index contributed by atoms with van der Waals surface area (Å²) in [6.45, 7) is 4.23. The largest absolute Gasteiger partial charge is 0.468 e. The van der Waals surface area contributed by atoms with E-state index in [1.165, 1.54) is 7.11 Å². The molecule has 0 heterocycles. The van der Waals surface area contributed by atoms with Crippen molar-refractivity contribution in [2.75, 3.05) is 7.11 Å². The first-order valence-electron chi connectivity index (χ1n) is 5.03. The highest BCUT2D eigenvalue weighted by molar-refractivity contribution is 9.10. The Balaban J connectivity index is 2.61. The van der Waals surface area contributed by atoms with Gasteiger partial charge in [-0.25, -0.2) is 0 Å². The minimum Gasteiger partial charge on any atom is -0.468 e. The lowest BCUT2D eigenvalue weighted by atomic mass is 10.1. The molecule has 0 aliphatic carbocycles. The number of methoxy groups -OCH3 is 1. The van der Waals surface area contributed by atoms with Crippen molar-refractivity contribution in [2.45, 2.75) is 25.9 Å². The zero-order chi connectivity index (χ0) is 12.2. The molecule has 0 amide bonds. The monoisotopic (exact) mass is 285 g/mol. The molecule has 1 N–H and O–H groups in total. The van der Waals surface area contributed by atoms with Crippen molar-refractivity contribution in [3.63, 3.8) is 0 Å². The Hall–Kier alpha value is -0.870. The summed E-state index contributed by atoms with van der Waals surface area (Å²) >= 11 is 3.41. The van der Waals surface area contributed by atoms with Crippen LogP contribution in [-0.4, -0.2) is 18.6 Å². The third-order valence-corrected chi connectivity index (χ3v) is 2.81. The molecule has 0 radical (unpaired) electrons. The van der Waals surface area contributed by atoms with E-state index >= 15 is 0 Å². The van der Waals surface area contributed by atoms with Crippen LogP contribution in [0.15, 0.2) is 28.7 Å². The van der Waals surface area contributed by atoms with E-state index in [2.05, 4.69) is 21.2 Å². The molecule has 0 unspecified atom stereocenters. The van der Waals surface area contributed by atoms with Gasteiger partial charge >= 0.3 is 5.97 Å². The Labute approximate surface area is 104 Å². The molecule has 3 nitrogen and oxygen atoms in total. The fourth-order valence-corrected chi connectivity index (χ4v) is 1.74. The second kappa shape index (κ2) is 5.46. The molecule has 0 aliphatic rings. The minimum absolute atomic E-state index is 0.262. The zero-order valence-corrected chi connectivity index (χ0v) is 11.3. The Morgan fingerprint density at radius 3 is 2.75 bits per heavy atom. The summed E-state index contributed by atoms with van der Waals surface area (Å²) in [6, 6.07) is 7.95. The van der Waals surface area contributed by atoms with Crippen LogP contribution < -0.4 is 5.32 Å². The average Bonchev–Trinajstić information content (AvgIpc) is 2.25. The topological polar surface area (TPSA) is 38.3 Å². The quantitative estimate of drug-likeness (QED) is 0.864. The minimum atomic E-state index is -0.670. The van der Waals surface area contributed by atoms with Crippen LogP contribution >= 0.6 is 15.9 Å². The predicted octanol–water partition coefficient (Wildman–Crippen LogP) is 2.49. The van der Waals surface area contributed by atoms with E-state index in [0.29, 0.717) is 6.54 Å². The molecule has 0 saturated carbocycles. The summed E-state index contributed by atoms with van der Waals surface area (Å²) < 4.78 is 5.75. The molecule has 0 spiro atoms. The van der Waals surface area contributed by atoms with Gasteiger partial charge in [-0.15, -0.1) is 0 Å². The van der Waals surface area contributed by atoms with Crippen LogP contribution in [0.5, 0.6) is 0 Å². The zero-order valence-electron chi connectivity index (χ0n) is 9.71. The fraction of sp³-hybridized carbons (Fsp3) is 0.417. The number of halogens is 1. The van der Waals surface area contributed by atoms with Crippen molar-refractivity contribution in [1.82, 2.24) is 5.32 Å². The molecule has 0 aliphatic heterocycles. The normalized spacial score (nSPS) is 11.2. The van der Waals surface area contributed by atoms with Gasteiger partial charge in [-0.2, -0.15) is 0 Å². The first kappa shape index (κ1) is 13.2. The van der Waals surface area contributed by atoms with E-state index in [0.717, 1.165) is 10.0 Å². The van der Waals surface area contributed by atoms with Crippen LogP contribution in [0.4, 0.5) is 0 Å². The van der Waals surface area contributed by atoms with Crippen LogP contribution in [0.2, 0.25) is 0 Å². The van der Waals surface area contributed by atoms with Gasteiger partial charge in [-0.1, -0.05) is 28.1 Å². The number of nitrogens with one attached hydrogen (secondary N) is 1. The number of ether oxygens (including phenoxy) is 1. The van der Waals surface area contributed by atoms with Crippen molar-refractivity contribution in [2.24, 2.45) is 0 Å².